The summed E-state index contributed by atoms with van der Waals surface area (Å²) in [6.45, 7) is 3.38. The standard InChI is InChI=1S/C11H11BrO4/c1-4-8-9(10(14)5(2)16-4)7(13)3-6(12)11(8)15/h3-5,10,14H,1-2H3/t4-,5-,10-/m1/s1. The van der Waals surface area contributed by atoms with Crippen molar-refractivity contribution >= 4 is 27.5 Å². The molecule has 0 bridgehead atoms. The third-order valence-corrected chi connectivity index (χ3v) is 3.43. The Labute approximate surface area is 101 Å². The lowest BCUT2D eigenvalue weighted by Crippen LogP contribution is -2.44. The molecule has 0 aromatic rings. The molecule has 5 heteroatoms. The minimum atomic E-state index is -1.03. The zero-order valence-corrected chi connectivity index (χ0v) is 10.4. The largest absolute Gasteiger partial charge is 0.386 e. The summed E-state index contributed by atoms with van der Waals surface area (Å²) >= 11 is 3.04. The highest BCUT2D eigenvalue weighted by Gasteiger charge is 2.41. The van der Waals surface area contributed by atoms with Crippen molar-refractivity contribution in [2.45, 2.75) is 32.2 Å². The molecule has 0 fully saturated rings. The Balaban J connectivity index is 2.56. The van der Waals surface area contributed by atoms with Crippen molar-refractivity contribution in [3.05, 3.63) is 21.7 Å². The van der Waals surface area contributed by atoms with Gasteiger partial charge in [0, 0.05) is 17.2 Å². The molecule has 0 saturated carbocycles. The number of hydrogen-bond acceptors (Lipinski definition) is 4. The number of allylic oxidation sites excluding steroid dienone is 2. The van der Waals surface area contributed by atoms with E-state index < -0.39 is 18.3 Å². The topological polar surface area (TPSA) is 63.6 Å². The van der Waals surface area contributed by atoms with Crippen molar-refractivity contribution < 1.29 is 19.4 Å². The van der Waals surface area contributed by atoms with Crippen LogP contribution >= 0.6 is 15.9 Å². The molecule has 0 saturated heterocycles. The number of carbonyl (C=O) groups is 2. The van der Waals surface area contributed by atoms with Gasteiger partial charge in [0.05, 0.1) is 16.7 Å². The molecule has 2 aliphatic rings. The molecular formula is C11H11BrO4. The van der Waals surface area contributed by atoms with Gasteiger partial charge in [-0.2, -0.15) is 0 Å². The van der Waals surface area contributed by atoms with E-state index in [-0.39, 0.29) is 27.2 Å². The van der Waals surface area contributed by atoms with E-state index in [1.165, 1.54) is 6.08 Å². The Bertz CT molecular complexity index is 435. The lowest BCUT2D eigenvalue weighted by Gasteiger charge is -2.34. The molecule has 0 unspecified atom stereocenters. The van der Waals surface area contributed by atoms with Gasteiger partial charge < -0.3 is 9.84 Å². The Kier molecular flexibility index (Phi) is 2.86. The second-order valence-electron chi connectivity index (χ2n) is 3.94. The van der Waals surface area contributed by atoms with Crippen molar-refractivity contribution in [1.82, 2.24) is 0 Å². The molecule has 3 atom stereocenters. The number of carbonyl (C=O) groups excluding carboxylic acids is 2. The number of aliphatic hydroxyl groups excluding tert-OH is 1. The van der Waals surface area contributed by atoms with Crippen LogP contribution in [0, 0.1) is 0 Å². The van der Waals surface area contributed by atoms with E-state index in [2.05, 4.69) is 15.9 Å². The summed E-state index contributed by atoms with van der Waals surface area (Å²) in [7, 11) is 0. The van der Waals surface area contributed by atoms with Crippen molar-refractivity contribution in [2.24, 2.45) is 0 Å². The monoisotopic (exact) mass is 286 g/mol. The van der Waals surface area contributed by atoms with Crippen LogP contribution in [0.4, 0.5) is 0 Å². The predicted octanol–water partition coefficient (Wildman–Crippen LogP) is 0.882. The molecule has 0 amide bonds. The molecule has 2 rings (SSSR count). The molecule has 16 heavy (non-hydrogen) atoms. The summed E-state index contributed by atoms with van der Waals surface area (Å²) in [5, 5.41) is 9.86. The molecule has 86 valence electrons. The average molecular weight is 287 g/mol. The van der Waals surface area contributed by atoms with Gasteiger partial charge in [-0.15, -0.1) is 0 Å². The fourth-order valence-corrected chi connectivity index (χ4v) is 2.47. The third-order valence-electron chi connectivity index (χ3n) is 2.84. The molecule has 0 aromatic heterocycles. The summed E-state index contributed by atoms with van der Waals surface area (Å²) in [5.74, 6) is -0.607. The van der Waals surface area contributed by atoms with Gasteiger partial charge in [0.2, 0.25) is 0 Å². The first kappa shape index (κ1) is 11.7. The molecule has 1 aliphatic carbocycles. The first-order chi connectivity index (χ1) is 7.43. The summed E-state index contributed by atoms with van der Waals surface area (Å²) in [5.41, 5.74) is 0.449. The summed E-state index contributed by atoms with van der Waals surface area (Å²) in [4.78, 5) is 23.6. The van der Waals surface area contributed by atoms with E-state index in [9.17, 15) is 14.7 Å². The number of ether oxygens (including phenoxy) is 1. The zero-order valence-electron chi connectivity index (χ0n) is 8.86. The van der Waals surface area contributed by atoms with Crippen LogP contribution in [0.2, 0.25) is 0 Å². The van der Waals surface area contributed by atoms with Crippen LogP contribution in [0.5, 0.6) is 0 Å². The zero-order chi connectivity index (χ0) is 12.0. The lowest BCUT2D eigenvalue weighted by atomic mass is 9.84. The van der Waals surface area contributed by atoms with E-state index in [0.717, 1.165) is 0 Å². The van der Waals surface area contributed by atoms with Crippen LogP contribution in [0.3, 0.4) is 0 Å². The highest BCUT2D eigenvalue weighted by molar-refractivity contribution is 9.12. The molecule has 1 N–H and O–H groups in total. The van der Waals surface area contributed by atoms with Crippen LogP contribution in [0.25, 0.3) is 0 Å². The fraction of sp³-hybridized carbons (Fsp3) is 0.455. The number of hydrogen-bond donors (Lipinski definition) is 1. The van der Waals surface area contributed by atoms with Crippen LogP contribution in [-0.4, -0.2) is 35.0 Å². The maximum Gasteiger partial charge on any atom is 0.199 e. The smallest absolute Gasteiger partial charge is 0.199 e. The first-order valence-corrected chi connectivity index (χ1v) is 5.76. The van der Waals surface area contributed by atoms with Gasteiger partial charge in [0.1, 0.15) is 6.10 Å². The van der Waals surface area contributed by atoms with E-state index in [4.69, 9.17) is 4.74 Å². The minimum absolute atomic E-state index is 0.180. The summed E-state index contributed by atoms with van der Waals surface area (Å²) < 4.78 is 5.62. The third kappa shape index (κ3) is 1.59. The van der Waals surface area contributed by atoms with Gasteiger partial charge in [-0.1, -0.05) is 0 Å². The van der Waals surface area contributed by atoms with Crippen LogP contribution < -0.4 is 0 Å². The molecule has 4 nitrogen and oxygen atoms in total. The maximum atomic E-state index is 11.9. The molecule has 0 spiro atoms. The van der Waals surface area contributed by atoms with Gasteiger partial charge in [0.25, 0.3) is 0 Å². The van der Waals surface area contributed by atoms with E-state index in [1.54, 1.807) is 13.8 Å². The quantitative estimate of drug-likeness (QED) is 0.672. The predicted molar refractivity (Wildman–Crippen MR) is 60.1 cm³/mol. The fourth-order valence-electron chi connectivity index (χ4n) is 2.05. The number of rotatable bonds is 0. The highest BCUT2D eigenvalue weighted by Crippen LogP contribution is 2.33. The minimum Gasteiger partial charge on any atom is -0.386 e. The number of ketones is 2. The second-order valence-corrected chi connectivity index (χ2v) is 4.80. The molecular weight excluding hydrogens is 276 g/mol. The molecule has 1 heterocycles. The number of aliphatic hydroxyl groups is 1. The lowest BCUT2D eigenvalue weighted by molar-refractivity contribution is -0.122. The summed E-state index contributed by atoms with van der Waals surface area (Å²) in [6.07, 6.45) is -0.767. The SMILES string of the molecule is C[C@H]1O[C@H](C)[C@@H](O)C2=C1C(=O)C(Br)=CC2=O. The van der Waals surface area contributed by atoms with Crippen molar-refractivity contribution in [3.8, 4) is 0 Å². The van der Waals surface area contributed by atoms with Gasteiger partial charge in [-0.3, -0.25) is 9.59 Å². The Morgan fingerprint density at radius 2 is 1.94 bits per heavy atom. The molecule has 0 radical (unpaired) electrons. The van der Waals surface area contributed by atoms with Crippen LogP contribution in [0.15, 0.2) is 21.7 Å². The molecule has 1 aliphatic heterocycles. The van der Waals surface area contributed by atoms with E-state index in [0.29, 0.717) is 0 Å². The Morgan fingerprint density at radius 3 is 2.56 bits per heavy atom. The first-order valence-electron chi connectivity index (χ1n) is 4.97. The summed E-state index contributed by atoms with van der Waals surface area (Å²) in [6, 6.07) is 0. The number of halogens is 1. The Morgan fingerprint density at radius 1 is 1.31 bits per heavy atom. The molecule has 0 aromatic carbocycles. The Hall–Kier alpha value is -0.780. The van der Waals surface area contributed by atoms with Gasteiger partial charge in [-0.05, 0) is 29.8 Å². The average Bonchev–Trinajstić information content (AvgIpc) is 2.20. The van der Waals surface area contributed by atoms with Crippen molar-refractivity contribution in [1.29, 1.82) is 0 Å². The van der Waals surface area contributed by atoms with Gasteiger partial charge >= 0.3 is 0 Å². The van der Waals surface area contributed by atoms with E-state index in [1.807, 2.05) is 0 Å². The normalized spacial score (nSPS) is 35.0. The van der Waals surface area contributed by atoms with Crippen LogP contribution in [0.1, 0.15) is 13.8 Å². The van der Waals surface area contributed by atoms with Gasteiger partial charge in [-0.25, -0.2) is 0 Å². The maximum absolute atomic E-state index is 11.9. The van der Waals surface area contributed by atoms with Crippen molar-refractivity contribution in [2.75, 3.05) is 0 Å². The second kappa shape index (κ2) is 3.91. The highest BCUT2D eigenvalue weighted by atomic mass is 79.9. The number of Topliss-reactive ketones (excluding diaryl/α,β-unsaturated/α-hetero) is 1. The van der Waals surface area contributed by atoms with E-state index >= 15 is 0 Å². The van der Waals surface area contributed by atoms with Gasteiger partial charge in [0.15, 0.2) is 11.6 Å². The van der Waals surface area contributed by atoms with Crippen molar-refractivity contribution in [3.63, 3.8) is 0 Å². The van der Waals surface area contributed by atoms with Crippen LogP contribution in [-0.2, 0) is 14.3 Å².